The highest BCUT2D eigenvalue weighted by atomic mass is 32.2. The molecule has 4 heterocycles. The van der Waals surface area contributed by atoms with Crippen molar-refractivity contribution in [1.82, 2.24) is 38.6 Å². The molecule has 78 heavy (non-hydrogen) atoms. The molecule has 408 valence electrons. The minimum absolute atomic E-state index is 0.115. The van der Waals surface area contributed by atoms with Crippen LogP contribution in [0.25, 0.3) is 22.1 Å². The van der Waals surface area contributed by atoms with Gasteiger partial charge < -0.3 is 19.7 Å². The topological polar surface area (TPSA) is 229 Å². The number of ether oxygens (including phenoxy) is 2. The Morgan fingerprint density at radius 1 is 0.577 bits per heavy atom. The van der Waals surface area contributed by atoms with Crippen molar-refractivity contribution < 1.29 is 46.1 Å². The van der Waals surface area contributed by atoms with Gasteiger partial charge in [-0.15, -0.1) is 10.2 Å². The number of fused-ring (bicyclic) bond motifs is 4. The van der Waals surface area contributed by atoms with E-state index in [9.17, 15) is 36.6 Å². The average molecular weight is 1100 g/mol. The van der Waals surface area contributed by atoms with Crippen LogP contribution in [0.1, 0.15) is 107 Å². The lowest BCUT2D eigenvalue weighted by Crippen LogP contribution is -2.36. The summed E-state index contributed by atoms with van der Waals surface area (Å²) in [5.41, 5.74) is 11.8. The number of benzene rings is 6. The van der Waals surface area contributed by atoms with Crippen molar-refractivity contribution in [2.45, 2.75) is 114 Å². The van der Waals surface area contributed by atoms with Gasteiger partial charge in [0, 0.05) is 39.0 Å². The number of hydrogen-bond acceptors (Lipinski definition) is 12. The van der Waals surface area contributed by atoms with Gasteiger partial charge in [0.15, 0.2) is 0 Å². The lowest BCUT2D eigenvalue weighted by atomic mass is 9.84. The minimum Gasteiger partial charge on any atom is -0.488 e. The summed E-state index contributed by atoms with van der Waals surface area (Å²) in [6, 6.07) is 32.8. The Balaban J connectivity index is 0.000000190. The number of para-hydroxylation sites is 2. The highest BCUT2D eigenvalue weighted by Gasteiger charge is 2.36. The second-order valence-corrected chi connectivity index (χ2v) is 24.0. The molecule has 0 spiro atoms. The summed E-state index contributed by atoms with van der Waals surface area (Å²) < 4.78 is 73.3. The number of rotatable bonds is 14. The van der Waals surface area contributed by atoms with E-state index in [1.54, 1.807) is 57.9 Å². The normalized spacial score (nSPS) is 17.8. The first-order valence-corrected chi connectivity index (χ1v) is 28.8. The Morgan fingerprint density at radius 2 is 0.962 bits per heavy atom. The number of nitrogens with zero attached hydrogens (tertiary/aromatic N) is 8. The van der Waals surface area contributed by atoms with Crippen LogP contribution >= 0.6 is 0 Å². The van der Waals surface area contributed by atoms with Crippen molar-refractivity contribution >= 4 is 54.1 Å². The number of sulfonamides is 2. The monoisotopic (exact) mass is 1100 g/mol. The third-order valence-electron chi connectivity index (χ3n) is 15.2. The van der Waals surface area contributed by atoms with Gasteiger partial charge in [0.05, 0.1) is 37.0 Å². The van der Waals surface area contributed by atoms with Gasteiger partial charge in [-0.1, -0.05) is 97.1 Å². The fraction of sp³-hybridized carbons (Fsp3) is 0.345. The quantitative estimate of drug-likeness (QED) is 0.104. The zero-order valence-electron chi connectivity index (χ0n) is 44.9. The summed E-state index contributed by atoms with van der Waals surface area (Å²) in [6.45, 7) is 12.4. The summed E-state index contributed by atoms with van der Waals surface area (Å²) in [4.78, 5) is 24.3. The molecule has 0 fully saturated rings. The van der Waals surface area contributed by atoms with E-state index < -0.39 is 43.8 Å². The third kappa shape index (κ3) is 11.0. The number of carboxylic acid groups (broad SMARTS) is 2. The molecule has 10 rings (SSSR count). The van der Waals surface area contributed by atoms with Gasteiger partial charge in [-0.05, 0) is 133 Å². The van der Waals surface area contributed by atoms with E-state index in [-0.39, 0.29) is 61.0 Å². The summed E-state index contributed by atoms with van der Waals surface area (Å²) >= 11 is 0. The molecule has 0 radical (unpaired) electrons. The number of aliphatic carboxylic acids is 2. The molecular weight excluding hydrogens is 1030 g/mol. The lowest BCUT2D eigenvalue weighted by molar-refractivity contribution is -0.138. The van der Waals surface area contributed by atoms with Crippen LogP contribution in [0.15, 0.2) is 119 Å². The summed E-state index contributed by atoms with van der Waals surface area (Å²) in [5, 5.41) is 36.4. The molecule has 2 aliphatic heterocycles. The molecule has 0 bridgehead atoms. The summed E-state index contributed by atoms with van der Waals surface area (Å²) in [6.07, 6.45) is 0.516. The molecule has 0 saturated heterocycles. The Labute approximate surface area is 454 Å². The van der Waals surface area contributed by atoms with Crippen molar-refractivity contribution in [1.29, 1.82) is 0 Å². The number of aryl methyl sites for hydroxylation is 6. The van der Waals surface area contributed by atoms with Crippen LogP contribution in [0.2, 0.25) is 0 Å². The fourth-order valence-electron chi connectivity index (χ4n) is 10.6. The summed E-state index contributed by atoms with van der Waals surface area (Å²) in [7, 11) is -3.99. The fourth-order valence-corrected chi connectivity index (χ4v) is 13.7. The Hall–Kier alpha value is -7.52. The van der Waals surface area contributed by atoms with Crippen molar-refractivity contribution in [2.75, 3.05) is 13.1 Å². The van der Waals surface area contributed by atoms with E-state index in [2.05, 4.69) is 20.6 Å². The van der Waals surface area contributed by atoms with Gasteiger partial charge in [-0.25, -0.2) is 26.2 Å². The minimum atomic E-state index is -3.81. The van der Waals surface area contributed by atoms with Crippen molar-refractivity contribution in [2.24, 2.45) is 14.1 Å². The molecule has 0 amide bonds. The molecule has 18 nitrogen and oxygen atoms in total. The predicted octanol–water partition coefficient (Wildman–Crippen LogP) is 9.11. The molecular formula is C58H64N8O10S2. The Morgan fingerprint density at radius 3 is 1.33 bits per heavy atom. The van der Waals surface area contributed by atoms with Crippen LogP contribution in [0.4, 0.5) is 0 Å². The van der Waals surface area contributed by atoms with E-state index in [0.717, 1.165) is 77.7 Å². The van der Waals surface area contributed by atoms with E-state index >= 15 is 0 Å². The molecule has 0 saturated carbocycles. The van der Waals surface area contributed by atoms with Gasteiger partial charge in [-0.2, -0.15) is 8.61 Å². The lowest BCUT2D eigenvalue weighted by Gasteiger charge is -2.25. The second-order valence-electron chi connectivity index (χ2n) is 20.2. The van der Waals surface area contributed by atoms with Crippen LogP contribution in [0.3, 0.4) is 0 Å². The highest BCUT2D eigenvalue weighted by Crippen LogP contribution is 2.39. The molecule has 2 aromatic heterocycles. The smallest absolute Gasteiger partial charge is 0.304 e. The standard InChI is InChI=1S/2C29H32N4O5S/c2*1-5-22-17-33(39(36,37)27-9-7-6-8-26(27)38-22)16-21-14-20(11-10-18(21)2)24(15-28(34)35)23-12-13-25-29(19(23)3)30-31-32(25)4/h2*6-14,22,24H,5,15-17H2,1-4H3,(H,34,35)/t2*22-,24?/m11/s1. The van der Waals surface area contributed by atoms with Gasteiger partial charge in [0.1, 0.15) is 44.5 Å². The first-order chi connectivity index (χ1) is 37.2. The number of carbonyl (C=O) groups is 2. The zero-order valence-corrected chi connectivity index (χ0v) is 46.5. The molecule has 2 unspecified atom stereocenters. The maximum absolute atomic E-state index is 13.7. The molecule has 0 aliphatic carbocycles. The molecule has 20 heteroatoms. The van der Waals surface area contributed by atoms with Crippen molar-refractivity contribution in [3.05, 3.63) is 165 Å². The second kappa shape index (κ2) is 22.4. The Bertz CT molecular complexity index is 3570. The van der Waals surface area contributed by atoms with Crippen LogP contribution in [0, 0.1) is 27.7 Å². The van der Waals surface area contributed by atoms with Crippen LogP contribution in [-0.2, 0) is 56.8 Å². The number of hydrogen-bond donors (Lipinski definition) is 2. The van der Waals surface area contributed by atoms with E-state index in [1.165, 1.54) is 8.61 Å². The largest absolute Gasteiger partial charge is 0.488 e. The van der Waals surface area contributed by atoms with Crippen molar-refractivity contribution in [3.63, 3.8) is 0 Å². The van der Waals surface area contributed by atoms with Crippen LogP contribution < -0.4 is 9.47 Å². The average Bonchev–Trinajstić information content (AvgIpc) is 3.99. The predicted molar refractivity (Wildman–Crippen MR) is 295 cm³/mol. The molecule has 8 aromatic rings. The zero-order chi connectivity index (χ0) is 55.8. The highest BCUT2D eigenvalue weighted by molar-refractivity contribution is 7.89. The van der Waals surface area contributed by atoms with Gasteiger partial charge >= 0.3 is 11.9 Å². The van der Waals surface area contributed by atoms with Crippen LogP contribution in [0.5, 0.6) is 11.5 Å². The molecule has 2 N–H and O–H groups in total. The number of aromatic nitrogens is 6. The SMILES string of the molecule is CC[C@@H]1CN(Cc2cc(C(CC(=O)O)c3ccc4c(nnn4C)c3C)ccc2C)S(=O)(=O)c2ccccc2O1.CC[C@@H]1CN(Cc2cc(C(CC(=O)O)c3ccc4c(nnn4C)c3C)ccc2C)S(=O)(=O)c2ccccc2O1. The number of carboxylic acids is 2. The molecule has 2 aliphatic rings. The first-order valence-electron chi connectivity index (χ1n) is 25.9. The van der Waals surface area contributed by atoms with Gasteiger partial charge in [0.25, 0.3) is 0 Å². The van der Waals surface area contributed by atoms with Gasteiger partial charge in [-0.3, -0.25) is 9.59 Å². The summed E-state index contributed by atoms with van der Waals surface area (Å²) in [5.74, 6) is -1.99. The third-order valence-corrected chi connectivity index (χ3v) is 18.9. The maximum Gasteiger partial charge on any atom is 0.304 e. The Kier molecular flexibility index (Phi) is 15.9. The maximum atomic E-state index is 13.7. The van der Waals surface area contributed by atoms with E-state index in [1.807, 2.05) is 116 Å². The molecule has 4 atom stereocenters. The van der Waals surface area contributed by atoms with Gasteiger partial charge in [0.2, 0.25) is 20.0 Å². The first kappa shape index (κ1) is 55.2. The molecule has 6 aromatic carbocycles. The van der Waals surface area contributed by atoms with Crippen molar-refractivity contribution in [3.8, 4) is 11.5 Å². The van der Waals surface area contributed by atoms with E-state index in [0.29, 0.717) is 24.3 Å². The van der Waals surface area contributed by atoms with Crippen LogP contribution in [-0.4, -0.2) is 103 Å². The van der Waals surface area contributed by atoms with E-state index in [4.69, 9.17) is 9.47 Å².